The first-order chi connectivity index (χ1) is 18.1. The van der Waals surface area contributed by atoms with Crippen LogP contribution in [0.25, 0.3) is 10.1 Å². The number of ether oxygens (including phenoxy) is 1. The van der Waals surface area contributed by atoms with Gasteiger partial charge in [-0.3, -0.25) is 9.69 Å². The average Bonchev–Trinajstić information content (AvgIpc) is 3.30. The number of piperidine rings is 1. The third kappa shape index (κ3) is 7.65. The quantitative estimate of drug-likeness (QED) is 0.198. The highest BCUT2D eigenvalue weighted by atomic mass is 32.1. The van der Waals surface area contributed by atoms with Crippen LogP contribution in [0, 0.1) is 0 Å². The first kappa shape index (κ1) is 28.7. The Morgan fingerprint density at radius 3 is 2.63 bits per heavy atom. The number of benzene rings is 2. The zero-order chi connectivity index (χ0) is 27.3. The van der Waals surface area contributed by atoms with Gasteiger partial charge in [0, 0.05) is 35.3 Å². The van der Waals surface area contributed by atoms with E-state index in [0.717, 1.165) is 80.3 Å². The van der Waals surface area contributed by atoms with Gasteiger partial charge in [-0.1, -0.05) is 13.0 Å². The van der Waals surface area contributed by atoms with Crippen molar-refractivity contribution >= 4 is 40.0 Å². The van der Waals surface area contributed by atoms with Crippen LogP contribution in [0.3, 0.4) is 0 Å². The van der Waals surface area contributed by atoms with Crippen LogP contribution >= 0.6 is 24.0 Å². The van der Waals surface area contributed by atoms with E-state index in [4.69, 9.17) is 4.74 Å². The second-order valence-electron chi connectivity index (χ2n) is 9.76. The summed E-state index contributed by atoms with van der Waals surface area (Å²) in [6.45, 7) is 8.49. The van der Waals surface area contributed by atoms with Gasteiger partial charge in [0.15, 0.2) is 0 Å². The molecule has 2 N–H and O–H groups in total. The molecule has 3 aromatic rings. The maximum absolute atomic E-state index is 13.0. The van der Waals surface area contributed by atoms with Gasteiger partial charge in [0.25, 0.3) is 5.91 Å². The summed E-state index contributed by atoms with van der Waals surface area (Å²) in [7, 11) is 0. The molecule has 0 spiro atoms. The van der Waals surface area contributed by atoms with E-state index in [2.05, 4.69) is 54.1 Å². The van der Waals surface area contributed by atoms with Crippen molar-refractivity contribution in [2.75, 3.05) is 26.2 Å². The Balaban J connectivity index is 1.26. The molecule has 1 saturated heterocycles. The van der Waals surface area contributed by atoms with Crippen LogP contribution in [0.15, 0.2) is 47.4 Å². The van der Waals surface area contributed by atoms with E-state index in [0.29, 0.717) is 15.0 Å². The monoisotopic (exact) mass is 565 g/mol. The molecular weight excluding hydrogens is 531 g/mol. The Kier molecular flexibility index (Phi) is 9.62. The molecule has 38 heavy (non-hydrogen) atoms. The molecule has 1 amide bonds. The number of rotatable bonds is 10. The Labute approximate surface area is 231 Å². The van der Waals surface area contributed by atoms with E-state index < -0.39 is 11.7 Å². The normalized spacial score (nSPS) is 16.1. The first-order valence-electron chi connectivity index (χ1n) is 13.0. The molecular formula is C28H34F3N3O2S2. The van der Waals surface area contributed by atoms with Gasteiger partial charge in [0.1, 0.15) is 5.75 Å². The number of thiophene rings is 1. The number of alkyl halides is 3. The van der Waals surface area contributed by atoms with E-state index in [-0.39, 0.29) is 18.1 Å². The molecule has 0 bridgehead atoms. The maximum atomic E-state index is 13.0. The summed E-state index contributed by atoms with van der Waals surface area (Å²) < 4.78 is 45.7. The summed E-state index contributed by atoms with van der Waals surface area (Å²) in [5.41, 5.74) is 0.456. The first-order valence-corrected chi connectivity index (χ1v) is 14.2. The molecule has 1 aromatic heterocycles. The number of fused-ring (bicyclic) bond motifs is 1. The van der Waals surface area contributed by atoms with Crippen LogP contribution < -0.4 is 15.4 Å². The lowest BCUT2D eigenvalue weighted by Crippen LogP contribution is -2.44. The number of carbonyl (C=O) groups excluding carboxylic acids is 1. The minimum absolute atomic E-state index is 0.0367. The molecule has 1 fully saturated rings. The van der Waals surface area contributed by atoms with Gasteiger partial charge in [-0.25, -0.2) is 0 Å². The highest BCUT2D eigenvalue weighted by Crippen LogP contribution is 2.34. The van der Waals surface area contributed by atoms with Crippen molar-refractivity contribution in [2.24, 2.45) is 0 Å². The SMILES string of the molecule is CCNCCC(C)Oc1ccc(CN2CCC(NC(=O)c3cc4cc(C(F)(F)F)ccc4s3)CC2)cc1S. The second kappa shape index (κ2) is 12.7. The number of nitrogens with one attached hydrogen (secondary N) is 2. The number of amides is 1. The molecule has 206 valence electrons. The van der Waals surface area contributed by atoms with Crippen molar-refractivity contribution in [2.45, 2.75) is 62.9 Å². The highest BCUT2D eigenvalue weighted by Gasteiger charge is 2.31. The molecule has 2 heterocycles. The van der Waals surface area contributed by atoms with E-state index in [1.807, 2.05) is 6.07 Å². The number of hydrogen-bond donors (Lipinski definition) is 3. The van der Waals surface area contributed by atoms with Crippen molar-refractivity contribution in [1.82, 2.24) is 15.5 Å². The van der Waals surface area contributed by atoms with Crippen molar-refractivity contribution in [3.63, 3.8) is 0 Å². The van der Waals surface area contributed by atoms with E-state index in [1.165, 1.54) is 17.4 Å². The number of halogens is 3. The Hall–Kier alpha value is -2.27. The third-order valence-electron chi connectivity index (χ3n) is 6.73. The van der Waals surface area contributed by atoms with Gasteiger partial charge >= 0.3 is 6.18 Å². The fraction of sp³-hybridized carbons (Fsp3) is 0.464. The van der Waals surface area contributed by atoms with Gasteiger partial charge in [0.05, 0.1) is 16.5 Å². The Bertz CT molecular complexity index is 1240. The number of carbonyl (C=O) groups is 1. The molecule has 1 atom stereocenters. The van der Waals surface area contributed by atoms with Crippen molar-refractivity contribution < 1.29 is 22.7 Å². The van der Waals surface area contributed by atoms with Crippen molar-refractivity contribution in [1.29, 1.82) is 0 Å². The van der Waals surface area contributed by atoms with Crippen molar-refractivity contribution in [3.05, 3.63) is 58.5 Å². The van der Waals surface area contributed by atoms with Crippen LogP contribution in [0.4, 0.5) is 13.2 Å². The lowest BCUT2D eigenvalue weighted by molar-refractivity contribution is -0.137. The van der Waals surface area contributed by atoms with E-state index in [9.17, 15) is 18.0 Å². The zero-order valence-electron chi connectivity index (χ0n) is 21.6. The molecule has 0 saturated carbocycles. The summed E-state index contributed by atoms with van der Waals surface area (Å²) in [4.78, 5) is 16.4. The highest BCUT2D eigenvalue weighted by molar-refractivity contribution is 7.80. The van der Waals surface area contributed by atoms with Gasteiger partial charge in [-0.05, 0) is 86.6 Å². The minimum atomic E-state index is -4.40. The summed E-state index contributed by atoms with van der Waals surface area (Å²) in [5.74, 6) is 0.562. The van der Waals surface area contributed by atoms with Gasteiger partial charge in [-0.15, -0.1) is 24.0 Å². The van der Waals surface area contributed by atoms with Gasteiger partial charge in [0.2, 0.25) is 0 Å². The predicted octanol–water partition coefficient (Wildman–Crippen LogP) is 6.37. The van der Waals surface area contributed by atoms with Crippen molar-refractivity contribution in [3.8, 4) is 5.75 Å². The van der Waals surface area contributed by atoms with Gasteiger partial charge < -0.3 is 15.4 Å². The molecule has 2 aromatic carbocycles. The lowest BCUT2D eigenvalue weighted by atomic mass is 10.0. The second-order valence-corrected chi connectivity index (χ2v) is 11.3. The fourth-order valence-corrected chi connectivity index (χ4v) is 5.84. The molecule has 1 aliphatic heterocycles. The summed E-state index contributed by atoms with van der Waals surface area (Å²) in [6, 6.07) is 11.3. The summed E-state index contributed by atoms with van der Waals surface area (Å²) in [6.07, 6.45) is -1.75. The topological polar surface area (TPSA) is 53.6 Å². The van der Waals surface area contributed by atoms with Crippen LogP contribution in [0.5, 0.6) is 5.75 Å². The Morgan fingerprint density at radius 2 is 1.95 bits per heavy atom. The third-order valence-corrected chi connectivity index (χ3v) is 8.19. The number of thiol groups is 1. The molecule has 10 heteroatoms. The fourth-order valence-electron chi connectivity index (χ4n) is 4.60. The molecule has 0 aliphatic carbocycles. The van der Waals surface area contributed by atoms with Crippen LogP contribution in [-0.4, -0.2) is 49.1 Å². The summed E-state index contributed by atoms with van der Waals surface area (Å²) >= 11 is 5.85. The van der Waals surface area contributed by atoms with E-state index >= 15 is 0 Å². The largest absolute Gasteiger partial charge is 0.490 e. The van der Waals surface area contributed by atoms with Crippen LogP contribution in [0.2, 0.25) is 0 Å². The average molecular weight is 566 g/mol. The number of nitrogens with zero attached hydrogens (tertiary/aromatic N) is 1. The molecule has 1 unspecified atom stereocenters. The molecule has 1 aliphatic rings. The van der Waals surface area contributed by atoms with Crippen LogP contribution in [-0.2, 0) is 12.7 Å². The van der Waals surface area contributed by atoms with Crippen LogP contribution in [0.1, 0.15) is 53.9 Å². The number of hydrogen-bond acceptors (Lipinski definition) is 6. The van der Waals surface area contributed by atoms with Gasteiger partial charge in [-0.2, -0.15) is 13.2 Å². The smallest absolute Gasteiger partial charge is 0.416 e. The predicted molar refractivity (Wildman–Crippen MR) is 150 cm³/mol. The standard InChI is InChI=1S/C28H34F3N3O2S2/c1-3-32-11-8-18(2)36-23-6-4-19(14-24(23)37)17-34-12-9-22(10-13-34)33-27(35)26-16-20-15-21(28(29,30)31)5-7-25(20)38-26/h4-7,14-16,18,22,32,37H,3,8-13,17H2,1-2H3,(H,33,35). The Morgan fingerprint density at radius 1 is 1.18 bits per heavy atom. The molecule has 4 rings (SSSR count). The number of likely N-dealkylation sites (tertiary alicyclic amines) is 1. The minimum Gasteiger partial charge on any atom is -0.490 e. The molecule has 0 radical (unpaired) electrons. The molecule has 5 nitrogen and oxygen atoms in total. The summed E-state index contributed by atoms with van der Waals surface area (Å²) in [5, 5.41) is 6.81. The maximum Gasteiger partial charge on any atom is 0.416 e. The van der Waals surface area contributed by atoms with E-state index in [1.54, 1.807) is 6.07 Å². The zero-order valence-corrected chi connectivity index (χ0v) is 23.3. The lowest BCUT2D eigenvalue weighted by Gasteiger charge is -2.32.